The Labute approximate surface area is 125 Å². The van der Waals surface area contributed by atoms with Crippen LogP contribution in [0.5, 0.6) is 0 Å². The van der Waals surface area contributed by atoms with Gasteiger partial charge in [0.25, 0.3) is 0 Å². The number of aryl methyl sites for hydroxylation is 1. The number of rotatable bonds is 9. The molecule has 1 fully saturated rings. The summed E-state index contributed by atoms with van der Waals surface area (Å²) in [7, 11) is 1.72. The van der Waals surface area contributed by atoms with Gasteiger partial charge in [-0.3, -0.25) is 0 Å². The SMILES string of the molecule is CCCc1cc(C(=O)O)cc(NCC2(CCOC)CC2)n1. The Balaban J connectivity index is 2.03. The van der Waals surface area contributed by atoms with Crippen LogP contribution in [-0.4, -0.2) is 36.3 Å². The first kappa shape index (κ1) is 15.8. The number of hydrogen-bond donors (Lipinski definition) is 2. The van der Waals surface area contributed by atoms with Crippen molar-refractivity contribution >= 4 is 11.8 Å². The maximum absolute atomic E-state index is 11.2. The van der Waals surface area contributed by atoms with Crippen LogP contribution >= 0.6 is 0 Å². The molecule has 0 radical (unpaired) electrons. The molecule has 1 aromatic rings. The smallest absolute Gasteiger partial charge is 0.335 e. The maximum Gasteiger partial charge on any atom is 0.335 e. The van der Waals surface area contributed by atoms with Gasteiger partial charge >= 0.3 is 5.97 Å². The Morgan fingerprint density at radius 1 is 1.48 bits per heavy atom. The Hall–Kier alpha value is -1.62. The van der Waals surface area contributed by atoms with Crippen LogP contribution in [-0.2, 0) is 11.2 Å². The molecule has 1 saturated carbocycles. The van der Waals surface area contributed by atoms with Crippen molar-refractivity contribution in [3.05, 3.63) is 23.4 Å². The van der Waals surface area contributed by atoms with E-state index < -0.39 is 5.97 Å². The minimum Gasteiger partial charge on any atom is -0.478 e. The van der Waals surface area contributed by atoms with E-state index >= 15 is 0 Å². The fraction of sp³-hybridized carbons (Fsp3) is 0.625. The molecule has 0 aliphatic heterocycles. The van der Waals surface area contributed by atoms with E-state index in [9.17, 15) is 9.90 Å². The van der Waals surface area contributed by atoms with E-state index in [1.165, 1.54) is 12.8 Å². The number of ether oxygens (including phenoxy) is 1. The maximum atomic E-state index is 11.2. The summed E-state index contributed by atoms with van der Waals surface area (Å²) in [6, 6.07) is 3.28. The first-order chi connectivity index (χ1) is 10.1. The van der Waals surface area contributed by atoms with Gasteiger partial charge in [-0.15, -0.1) is 0 Å². The number of anilines is 1. The molecule has 1 aliphatic rings. The first-order valence-electron chi connectivity index (χ1n) is 7.55. The number of carbonyl (C=O) groups is 1. The molecule has 1 aromatic heterocycles. The number of carboxylic acids is 1. The predicted octanol–water partition coefficient (Wildman–Crippen LogP) is 2.96. The number of aromatic nitrogens is 1. The van der Waals surface area contributed by atoms with Crippen LogP contribution in [0.3, 0.4) is 0 Å². The lowest BCUT2D eigenvalue weighted by Crippen LogP contribution is -2.18. The molecule has 116 valence electrons. The summed E-state index contributed by atoms with van der Waals surface area (Å²) in [5.41, 5.74) is 1.45. The summed E-state index contributed by atoms with van der Waals surface area (Å²) in [5.74, 6) is -0.236. The summed E-state index contributed by atoms with van der Waals surface area (Å²) in [4.78, 5) is 15.7. The molecule has 5 heteroatoms. The topological polar surface area (TPSA) is 71.5 Å². The van der Waals surface area contributed by atoms with Gasteiger partial charge in [-0.25, -0.2) is 9.78 Å². The highest BCUT2D eigenvalue weighted by Crippen LogP contribution is 2.48. The molecule has 1 aliphatic carbocycles. The second-order valence-electron chi connectivity index (χ2n) is 5.88. The number of nitrogens with one attached hydrogen (secondary N) is 1. The third-order valence-electron chi connectivity index (χ3n) is 4.07. The average Bonchev–Trinajstić information content (AvgIpc) is 3.24. The number of pyridine rings is 1. The lowest BCUT2D eigenvalue weighted by molar-refractivity contribution is 0.0696. The van der Waals surface area contributed by atoms with Crippen molar-refractivity contribution in [3.63, 3.8) is 0 Å². The fourth-order valence-corrected chi connectivity index (χ4v) is 2.47. The van der Waals surface area contributed by atoms with Crippen molar-refractivity contribution in [3.8, 4) is 0 Å². The van der Waals surface area contributed by atoms with Gasteiger partial charge in [-0.2, -0.15) is 0 Å². The number of carboxylic acid groups (broad SMARTS) is 1. The Morgan fingerprint density at radius 2 is 2.24 bits per heavy atom. The molecule has 2 N–H and O–H groups in total. The molecule has 2 rings (SSSR count). The van der Waals surface area contributed by atoms with E-state index in [0.29, 0.717) is 16.8 Å². The number of nitrogens with zero attached hydrogens (tertiary/aromatic N) is 1. The molecule has 0 atom stereocenters. The molecule has 0 saturated heterocycles. The fourth-order valence-electron chi connectivity index (χ4n) is 2.47. The van der Waals surface area contributed by atoms with Crippen molar-refractivity contribution in [1.82, 2.24) is 4.98 Å². The molecule has 0 bridgehead atoms. The Kier molecular flexibility index (Phi) is 5.17. The summed E-state index contributed by atoms with van der Waals surface area (Å²) in [5, 5.41) is 12.5. The second-order valence-corrected chi connectivity index (χ2v) is 5.88. The quantitative estimate of drug-likeness (QED) is 0.732. The van der Waals surface area contributed by atoms with Crippen molar-refractivity contribution in [1.29, 1.82) is 0 Å². The highest BCUT2D eigenvalue weighted by molar-refractivity contribution is 5.88. The van der Waals surface area contributed by atoms with Gasteiger partial charge in [0.05, 0.1) is 5.56 Å². The van der Waals surface area contributed by atoms with Crippen molar-refractivity contribution in [2.45, 2.75) is 39.0 Å². The zero-order valence-electron chi connectivity index (χ0n) is 12.8. The molecule has 5 nitrogen and oxygen atoms in total. The van der Waals surface area contributed by atoms with Crippen molar-refractivity contribution in [2.75, 3.05) is 25.6 Å². The first-order valence-corrected chi connectivity index (χ1v) is 7.55. The number of methoxy groups -OCH3 is 1. The van der Waals surface area contributed by atoms with Crippen LogP contribution in [0.15, 0.2) is 12.1 Å². The number of aromatic carboxylic acids is 1. The molecule has 21 heavy (non-hydrogen) atoms. The van der Waals surface area contributed by atoms with Gasteiger partial charge in [0.1, 0.15) is 5.82 Å². The highest BCUT2D eigenvalue weighted by atomic mass is 16.5. The van der Waals surface area contributed by atoms with Gasteiger partial charge in [0, 0.05) is 26.0 Å². The Bertz CT molecular complexity index is 498. The van der Waals surface area contributed by atoms with Crippen LogP contribution in [0.4, 0.5) is 5.82 Å². The van der Waals surface area contributed by atoms with Crippen LogP contribution in [0.25, 0.3) is 0 Å². The van der Waals surface area contributed by atoms with Crippen LogP contribution in [0.1, 0.15) is 48.7 Å². The molecule has 1 heterocycles. The highest BCUT2D eigenvalue weighted by Gasteiger charge is 2.41. The summed E-state index contributed by atoms with van der Waals surface area (Å²) in [6.07, 6.45) is 5.18. The van der Waals surface area contributed by atoms with Gasteiger partial charge < -0.3 is 15.2 Å². The largest absolute Gasteiger partial charge is 0.478 e. The molecule has 0 amide bonds. The molecule has 0 aromatic carbocycles. The van der Waals surface area contributed by atoms with E-state index in [0.717, 1.165) is 38.1 Å². The molecular formula is C16H24N2O3. The van der Waals surface area contributed by atoms with Gasteiger partial charge in [-0.05, 0) is 43.2 Å². The van der Waals surface area contributed by atoms with Crippen molar-refractivity contribution < 1.29 is 14.6 Å². The molecule has 0 unspecified atom stereocenters. The normalized spacial score (nSPS) is 15.7. The van der Waals surface area contributed by atoms with E-state index in [-0.39, 0.29) is 0 Å². The minimum absolute atomic E-state index is 0.303. The van der Waals surface area contributed by atoms with Crippen molar-refractivity contribution in [2.24, 2.45) is 5.41 Å². The van der Waals surface area contributed by atoms with E-state index in [2.05, 4.69) is 17.2 Å². The van der Waals surface area contributed by atoms with E-state index in [1.807, 2.05) is 0 Å². The minimum atomic E-state index is -0.904. The zero-order chi connectivity index (χ0) is 15.3. The van der Waals surface area contributed by atoms with Gasteiger partial charge in [-0.1, -0.05) is 13.3 Å². The van der Waals surface area contributed by atoms with Crippen LogP contribution in [0, 0.1) is 5.41 Å². The Morgan fingerprint density at radius 3 is 2.81 bits per heavy atom. The standard InChI is InChI=1S/C16H24N2O3/c1-3-4-13-9-12(15(19)20)10-14(18-13)17-11-16(5-6-16)7-8-21-2/h9-10H,3-8,11H2,1-2H3,(H,17,18)(H,19,20). The predicted molar refractivity (Wildman–Crippen MR) is 81.8 cm³/mol. The van der Waals surface area contributed by atoms with Crippen LogP contribution < -0.4 is 5.32 Å². The van der Waals surface area contributed by atoms with Crippen LogP contribution in [0.2, 0.25) is 0 Å². The average molecular weight is 292 g/mol. The second kappa shape index (κ2) is 6.89. The third-order valence-corrected chi connectivity index (χ3v) is 4.07. The van der Waals surface area contributed by atoms with Gasteiger partial charge in [0.15, 0.2) is 0 Å². The number of hydrogen-bond acceptors (Lipinski definition) is 4. The third kappa shape index (κ3) is 4.43. The zero-order valence-corrected chi connectivity index (χ0v) is 12.8. The summed E-state index contributed by atoms with van der Waals surface area (Å²) < 4.78 is 5.15. The summed E-state index contributed by atoms with van der Waals surface area (Å²) >= 11 is 0. The van der Waals surface area contributed by atoms with Gasteiger partial charge in [0.2, 0.25) is 0 Å². The lowest BCUT2D eigenvalue weighted by atomic mass is 10.0. The molecule has 0 spiro atoms. The molecular weight excluding hydrogens is 268 g/mol. The monoisotopic (exact) mass is 292 g/mol. The van der Waals surface area contributed by atoms with E-state index in [4.69, 9.17) is 4.74 Å². The lowest BCUT2D eigenvalue weighted by Gasteiger charge is -2.16. The summed E-state index contributed by atoms with van der Waals surface area (Å²) in [6.45, 7) is 3.66. The van der Waals surface area contributed by atoms with E-state index in [1.54, 1.807) is 19.2 Å².